The smallest absolute Gasteiger partial charge is 0.248 e. The van der Waals surface area contributed by atoms with Crippen LogP contribution in [0.5, 0.6) is 5.75 Å². The predicted molar refractivity (Wildman–Crippen MR) is 88.8 cm³/mol. The van der Waals surface area contributed by atoms with Crippen molar-refractivity contribution in [3.8, 4) is 5.75 Å². The molecular weight excluding hydrogens is 276 g/mol. The number of hydrogen-bond donors (Lipinski definition) is 1. The second-order valence-electron chi connectivity index (χ2n) is 5.25. The number of amides is 1. The number of benzene rings is 1. The molecule has 114 valence electrons. The molecule has 0 unspecified atom stereocenters. The molecule has 1 amide bonds. The van der Waals surface area contributed by atoms with Gasteiger partial charge in [0.2, 0.25) is 5.91 Å². The van der Waals surface area contributed by atoms with Gasteiger partial charge in [-0.3, -0.25) is 9.78 Å². The van der Waals surface area contributed by atoms with E-state index in [2.05, 4.69) is 10.3 Å². The summed E-state index contributed by atoms with van der Waals surface area (Å²) in [6.07, 6.45) is 5.06. The van der Waals surface area contributed by atoms with Crippen LogP contribution in [-0.2, 0) is 4.79 Å². The zero-order chi connectivity index (χ0) is 15.9. The lowest BCUT2D eigenvalue weighted by Crippen LogP contribution is -2.08. The van der Waals surface area contributed by atoms with Crippen molar-refractivity contribution in [2.75, 3.05) is 5.32 Å². The molecule has 0 bridgehead atoms. The van der Waals surface area contributed by atoms with Crippen LogP contribution in [0.15, 0.2) is 48.7 Å². The van der Waals surface area contributed by atoms with Crippen LogP contribution in [-0.4, -0.2) is 17.0 Å². The van der Waals surface area contributed by atoms with E-state index in [9.17, 15) is 4.79 Å². The average Bonchev–Trinajstić information content (AvgIpc) is 2.45. The fourth-order valence-corrected chi connectivity index (χ4v) is 1.94. The average molecular weight is 296 g/mol. The first-order chi connectivity index (χ1) is 10.5. The lowest BCUT2D eigenvalue weighted by molar-refractivity contribution is -0.111. The molecule has 0 saturated heterocycles. The first kappa shape index (κ1) is 15.8. The number of nitrogens with zero attached hydrogens (tertiary/aromatic N) is 1. The maximum atomic E-state index is 11.9. The van der Waals surface area contributed by atoms with E-state index >= 15 is 0 Å². The number of anilines is 1. The second kappa shape index (κ2) is 7.41. The van der Waals surface area contributed by atoms with Crippen molar-refractivity contribution >= 4 is 17.7 Å². The Bertz CT molecular complexity index is 678. The van der Waals surface area contributed by atoms with Gasteiger partial charge in [-0.2, -0.15) is 0 Å². The number of carbonyl (C=O) groups excluding carboxylic acids is 1. The number of aryl methyl sites for hydroxylation is 1. The molecule has 1 heterocycles. The minimum absolute atomic E-state index is 0.123. The van der Waals surface area contributed by atoms with E-state index in [-0.39, 0.29) is 12.0 Å². The Hall–Kier alpha value is -2.62. The fourth-order valence-electron chi connectivity index (χ4n) is 1.94. The van der Waals surface area contributed by atoms with Crippen LogP contribution in [0.4, 0.5) is 5.69 Å². The third-order valence-corrected chi connectivity index (χ3v) is 2.82. The summed E-state index contributed by atoms with van der Waals surface area (Å²) in [5.41, 5.74) is 2.51. The highest BCUT2D eigenvalue weighted by Crippen LogP contribution is 2.16. The van der Waals surface area contributed by atoms with Crippen molar-refractivity contribution in [2.24, 2.45) is 0 Å². The molecule has 0 aliphatic heterocycles. The number of ether oxygens (including phenoxy) is 1. The van der Waals surface area contributed by atoms with Gasteiger partial charge < -0.3 is 10.1 Å². The number of hydrogen-bond acceptors (Lipinski definition) is 3. The van der Waals surface area contributed by atoms with Crippen molar-refractivity contribution in [2.45, 2.75) is 26.9 Å². The van der Waals surface area contributed by atoms with Crippen molar-refractivity contribution in [3.63, 3.8) is 0 Å². The van der Waals surface area contributed by atoms with Crippen molar-refractivity contribution < 1.29 is 9.53 Å². The second-order valence-corrected chi connectivity index (χ2v) is 5.25. The maximum Gasteiger partial charge on any atom is 0.248 e. The van der Waals surface area contributed by atoms with E-state index in [0.717, 1.165) is 22.7 Å². The first-order valence-corrected chi connectivity index (χ1v) is 7.21. The first-order valence-electron chi connectivity index (χ1n) is 7.21. The van der Waals surface area contributed by atoms with Crippen LogP contribution in [0.2, 0.25) is 0 Å². The van der Waals surface area contributed by atoms with Crippen LogP contribution in [0.3, 0.4) is 0 Å². The van der Waals surface area contributed by atoms with E-state index in [0.29, 0.717) is 0 Å². The lowest BCUT2D eigenvalue weighted by atomic mass is 10.2. The molecule has 1 aromatic heterocycles. The SMILES string of the molecule is Cc1cc(NC(=O)/C=C/c2cccc(OC(C)C)c2)ccn1. The molecule has 0 radical (unpaired) electrons. The van der Waals surface area contributed by atoms with Crippen LogP contribution < -0.4 is 10.1 Å². The van der Waals surface area contributed by atoms with Crippen molar-refractivity contribution in [1.82, 2.24) is 4.98 Å². The Balaban J connectivity index is 2.00. The predicted octanol–water partition coefficient (Wildman–Crippen LogP) is 3.83. The Labute approximate surface area is 130 Å². The van der Waals surface area contributed by atoms with Crippen LogP contribution in [0, 0.1) is 6.92 Å². The molecule has 4 nitrogen and oxygen atoms in total. The van der Waals surface area contributed by atoms with E-state index < -0.39 is 0 Å². The Morgan fingerprint density at radius 3 is 2.82 bits per heavy atom. The van der Waals surface area contributed by atoms with Gasteiger partial charge in [0.15, 0.2) is 0 Å². The quantitative estimate of drug-likeness (QED) is 0.853. The summed E-state index contributed by atoms with van der Waals surface area (Å²) in [7, 11) is 0. The highest BCUT2D eigenvalue weighted by atomic mass is 16.5. The molecule has 0 saturated carbocycles. The normalized spacial score (nSPS) is 10.9. The van der Waals surface area contributed by atoms with Gasteiger partial charge in [0.1, 0.15) is 5.75 Å². The van der Waals surface area contributed by atoms with Crippen molar-refractivity contribution in [3.05, 3.63) is 59.9 Å². The Morgan fingerprint density at radius 2 is 2.09 bits per heavy atom. The molecule has 0 fully saturated rings. The molecule has 0 aliphatic rings. The summed E-state index contributed by atoms with van der Waals surface area (Å²) in [5.74, 6) is 0.614. The topological polar surface area (TPSA) is 51.2 Å². The van der Waals surface area contributed by atoms with E-state index in [1.54, 1.807) is 18.3 Å². The minimum Gasteiger partial charge on any atom is -0.491 e. The fraction of sp³-hybridized carbons (Fsp3) is 0.222. The van der Waals surface area contributed by atoms with Gasteiger partial charge in [0.25, 0.3) is 0 Å². The van der Waals surface area contributed by atoms with Gasteiger partial charge in [0.05, 0.1) is 6.10 Å². The Morgan fingerprint density at radius 1 is 1.27 bits per heavy atom. The molecule has 0 spiro atoms. The highest BCUT2D eigenvalue weighted by molar-refractivity contribution is 6.01. The third-order valence-electron chi connectivity index (χ3n) is 2.82. The molecule has 4 heteroatoms. The monoisotopic (exact) mass is 296 g/mol. The van der Waals surface area contributed by atoms with Crippen LogP contribution in [0.25, 0.3) is 6.08 Å². The summed E-state index contributed by atoms with van der Waals surface area (Å²) in [6.45, 7) is 5.84. The number of nitrogens with one attached hydrogen (secondary N) is 1. The molecule has 2 rings (SSSR count). The maximum absolute atomic E-state index is 11.9. The summed E-state index contributed by atoms with van der Waals surface area (Å²) < 4.78 is 5.63. The molecule has 22 heavy (non-hydrogen) atoms. The zero-order valence-corrected chi connectivity index (χ0v) is 13.0. The lowest BCUT2D eigenvalue weighted by Gasteiger charge is -2.09. The Kier molecular flexibility index (Phi) is 5.31. The third kappa shape index (κ3) is 5.05. The van der Waals surface area contributed by atoms with E-state index in [4.69, 9.17) is 4.74 Å². The number of carbonyl (C=O) groups is 1. The standard InChI is InChI=1S/C18H20N2O2/c1-13(2)22-17-6-4-5-15(12-17)7-8-18(21)20-16-9-10-19-14(3)11-16/h4-13H,1-3H3,(H,19,20,21)/b8-7+. The summed E-state index contributed by atoms with van der Waals surface area (Å²) in [4.78, 5) is 16.0. The largest absolute Gasteiger partial charge is 0.491 e. The van der Waals surface area contributed by atoms with Crippen LogP contribution in [0.1, 0.15) is 25.1 Å². The molecular formula is C18H20N2O2. The number of aromatic nitrogens is 1. The van der Waals surface area contributed by atoms with E-state index in [1.165, 1.54) is 6.08 Å². The van der Waals surface area contributed by atoms with Gasteiger partial charge in [-0.1, -0.05) is 12.1 Å². The molecule has 1 N–H and O–H groups in total. The van der Waals surface area contributed by atoms with Gasteiger partial charge in [0, 0.05) is 23.7 Å². The van der Waals surface area contributed by atoms with E-state index in [1.807, 2.05) is 51.1 Å². The molecule has 2 aromatic rings. The summed E-state index contributed by atoms with van der Waals surface area (Å²) in [6, 6.07) is 11.2. The minimum atomic E-state index is -0.180. The van der Waals surface area contributed by atoms with Gasteiger partial charge in [-0.25, -0.2) is 0 Å². The van der Waals surface area contributed by atoms with Gasteiger partial charge in [-0.05, 0) is 56.7 Å². The molecule has 0 atom stereocenters. The van der Waals surface area contributed by atoms with Crippen molar-refractivity contribution in [1.29, 1.82) is 0 Å². The number of pyridine rings is 1. The summed E-state index contributed by atoms with van der Waals surface area (Å²) in [5, 5.41) is 2.80. The zero-order valence-electron chi connectivity index (χ0n) is 13.0. The van der Waals surface area contributed by atoms with Gasteiger partial charge >= 0.3 is 0 Å². The molecule has 1 aromatic carbocycles. The number of rotatable bonds is 5. The van der Waals surface area contributed by atoms with Crippen LogP contribution >= 0.6 is 0 Å². The van der Waals surface area contributed by atoms with Gasteiger partial charge in [-0.15, -0.1) is 0 Å². The molecule has 0 aliphatic carbocycles. The summed E-state index contributed by atoms with van der Waals surface area (Å²) >= 11 is 0. The highest BCUT2D eigenvalue weighted by Gasteiger charge is 2.00.